The fourth-order valence-electron chi connectivity index (χ4n) is 1.51. The number of aromatic nitrogens is 3. The van der Waals surface area contributed by atoms with Crippen LogP contribution in [0.1, 0.15) is 17.3 Å². The van der Waals surface area contributed by atoms with Gasteiger partial charge in [-0.15, -0.1) is 5.10 Å². The third-order valence-electron chi connectivity index (χ3n) is 2.50. The summed E-state index contributed by atoms with van der Waals surface area (Å²) in [6.07, 6.45) is 0. The molecule has 0 saturated heterocycles. The van der Waals surface area contributed by atoms with Gasteiger partial charge in [-0.05, 0) is 36.9 Å². The number of carbonyl (C=O) groups is 1. The summed E-state index contributed by atoms with van der Waals surface area (Å²) in [5.41, 5.74) is 6.06. The van der Waals surface area contributed by atoms with Gasteiger partial charge in [0.15, 0.2) is 5.16 Å². The fourth-order valence-corrected chi connectivity index (χ4v) is 2.50. The highest BCUT2D eigenvalue weighted by atomic mass is 32.2. The van der Waals surface area contributed by atoms with Crippen LogP contribution < -0.4 is 11.4 Å². The molecular weight excluding hydrogens is 268 g/mol. The van der Waals surface area contributed by atoms with Gasteiger partial charge in [-0.1, -0.05) is 0 Å². The largest absolute Gasteiger partial charge is 0.478 e. The molecule has 8 heteroatoms. The summed E-state index contributed by atoms with van der Waals surface area (Å²) in [7, 11) is 0. The topological polar surface area (TPSA) is 114 Å². The van der Waals surface area contributed by atoms with Crippen molar-refractivity contribution in [2.45, 2.75) is 23.5 Å². The molecule has 0 aliphatic carbocycles. The van der Waals surface area contributed by atoms with Gasteiger partial charge in [0, 0.05) is 17.1 Å². The van der Waals surface area contributed by atoms with Gasteiger partial charge in [0.05, 0.1) is 5.56 Å². The first-order chi connectivity index (χ1) is 9.02. The third-order valence-corrected chi connectivity index (χ3v) is 3.57. The Labute approximate surface area is 112 Å². The van der Waals surface area contributed by atoms with Gasteiger partial charge in [0.25, 0.3) is 0 Å². The quantitative estimate of drug-likeness (QED) is 0.720. The van der Waals surface area contributed by atoms with Crippen LogP contribution in [0.4, 0.5) is 5.69 Å². The van der Waals surface area contributed by atoms with Crippen molar-refractivity contribution in [3.8, 4) is 0 Å². The minimum absolute atomic E-state index is 0.137. The highest BCUT2D eigenvalue weighted by Crippen LogP contribution is 2.31. The number of H-pyrrole nitrogens is 1. The van der Waals surface area contributed by atoms with E-state index in [0.717, 1.165) is 11.8 Å². The van der Waals surface area contributed by atoms with E-state index in [1.54, 1.807) is 0 Å². The summed E-state index contributed by atoms with van der Waals surface area (Å²) in [4.78, 5) is 22.9. The van der Waals surface area contributed by atoms with Crippen molar-refractivity contribution in [2.24, 2.45) is 0 Å². The van der Waals surface area contributed by atoms with E-state index >= 15 is 0 Å². The minimum atomic E-state index is -1.03. The lowest BCUT2D eigenvalue weighted by Gasteiger charge is -2.06. The summed E-state index contributed by atoms with van der Waals surface area (Å²) in [6, 6.07) is 4.41. The SMILES string of the molecule is CCn1c(Sc2cc(C(=O)O)ccc2N)n[nH]c1=O. The van der Waals surface area contributed by atoms with Gasteiger partial charge in [-0.2, -0.15) is 0 Å². The summed E-state index contributed by atoms with van der Waals surface area (Å²) < 4.78 is 1.44. The maximum Gasteiger partial charge on any atom is 0.343 e. The van der Waals surface area contributed by atoms with Gasteiger partial charge in [-0.25, -0.2) is 14.7 Å². The number of anilines is 1. The predicted octanol–water partition coefficient (Wildman–Crippen LogP) is 1.02. The zero-order chi connectivity index (χ0) is 14.0. The van der Waals surface area contributed by atoms with E-state index in [2.05, 4.69) is 10.2 Å². The van der Waals surface area contributed by atoms with E-state index in [1.807, 2.05) is 6.92 Å². The second kappa shape index (κ2) is 5.19. The molecule has 2 rings (SSSR count). The van der Waals surface area contributed by atoms with E-state index < -0.39 is 5.97 Å². The number of nitrogen functional groups attached to an aromatic ring is 1. The summed E-state index contributed by atoms with van der Waals surface area (Å²) >= 11 is 1.15. The Kier molecular flexibility index (Phi) is 3.61. The second-order valence-corrected chi connectivity index (χ2v) is 4.72. The molecule has 0 atom stereocenters. The Morgan fingerprint density at radius 2 is 2.32 bits per heavy atom. The van der Waals surface area contributed by atoms with E-state index in [9.17, 15) is 9.59 Å². The first kappa shape index (κ1) is 13.2. The Morgan fingerprint density at radius 1 is 1.58 bits per heavy atom. The van der Waals surface area contributed by atoms with Crippen LogP contribution in [0, 0.1) is 0 Å². The molecule has 2 aromatic rings. The van der Waals surface area contributed by atoms with Crippen LogP contribution in [0.5, 0.6) is 0 Å². The number of nitrogens with zero attached hydrogens (tertiary/aromatic N) is 2. The van der Waals surface area contributed by atoms with Gasteiger partial charge < -0.3 is 10.8 Å². The lowest BCUT2D eigenvalue weighted by Crippen LogP contribution is -2.16. The van der Waals surface area contributed by atoms with Crippen molar-refractivity contribution in [2.75, 3.05) is 5.73 Å². The average molecular weight is 280 g/mol. The summed E-state index contributed by atoms with van der Waals surface area (Å²) in [6.45, 7) is 2.29. The Bertz CT molecular complexity index is 677. The van der Waals surface area contributed by atoms with E-state index in [0.29, 0.717) is 22.3 Å². The molecule has 1 aromatic heterocycles. The lowest BCUT2D eigenvalue weighted by molar-refractivity contribution is 0.0696. The summed E-state index contributed by atoms with van der Waals surface area (Å²) in [5, 5.41) is 15.6. The Morgan fingerprint density at radius 3 is 2.95 bits per heavy atom. The first-order valence-electron chi connectivity index (χ1n) is 5.48. The van der Waals surface area contributed by atoms with Crippen molar-refractivity contribution in [3.63, 3.8) is 0 Å². The molecule has 0 unspecified atom stereocenters. The number of nitrogens with two attached hydrogens (primary N) is 1. The van der Waals surface area contributed by atoms with Crippen molar-refractivity contribution >= 4 is 23.4 Å². The molecule has 4 N–H and O–H groups in total. The molecular formula is C11H12N4O3S. The third kappa shape index (κ3) is 2.63. The van der Waals surface area contributed by atoms with E-state index in [4.69, 9.17) is 10.8 Å². The number of hydrogen-bond acceptors (Lipinski definition) is 5. The number of carboxylic acids is 1. The molecule has 0 aliphatic heterocycles. The Balaban J connectivity index is 2.40. The Hall–Kier alpha value is -2.22. The lowest BCUT2D eigenvalue weighted by atomic mass is 10.2. The molecule has 0 spiro atoms. The highest BCUT2D eigenvalue weighted by Gasteiger charge is 2.12. The number of benzene rings is 1. The first-order valence-corrected chi connectivity index (χ1v) is 6.30. The fraction of sp³-hybridized carbons (Fsp3) is 0.182. The number of carboxylic acid groups (broad SMARTS) is 1. The zero-order valence-corrected chi connectivity index (χ0v) is 10.9. The van der Waals surface area contributed by atoms with E-state index in [1.165, 1.54) is 22.8 Å². The van der Waals surface area contributed by atoms with Crippen molar-refractivity contribution in [1.29, 1.82) is 0 Å². The maximum absolute atomic E-state index is 11.4. The summed E-state index contributed by atoms with van der Waals surface area (Å²) in [5.74, 6) is -1.03. The van der Waals surface area contributed by atoms with Crippen molar-refractivity contribution in [3.05, 3.63) is 34.2 Å². The van der Waals surface area contributed by atoms with Crippen LogP contribution in [-0.4, -0.2) is 25.8 Å². The van der Waals surface area contributed by atoms with Crippen LogP contribution >= 0.6 is 11.8 Å². The van der Waals surface area contributed by atoms with Gasteiger partial charge in [-0.3, -0.25) is 4.57 Å². The minimum Gasteiger partial charge on any atom is -0.478 e. The molecule has 0 fully saturated rings. The molecule has 1 aromatic carbocycles. The molecule has 0 saturated carbocycles. The molecule has 1 heterocycles. The van der Waals surface area contributed by atoms with Gasteiger partial charge in [0.1, 0.15) is 0 Å². The molecule has 0 bridgehead atoms. The molecule has 7 nitrogen and oxygen atoms in total. The van der Waals surface area contributed by atoms with Crippen LogP contribution in [0.3, 0.4) is 0 Å². The predicted molar refractivity (Wildman–Crippen MR) is 70.5 cm³/mol. The van der Waals surface area contributed by atoms with Crippen LogP contribution in [0.25, 0.3) is 0 Å². The number of aromatic carboxylic acids is 1. The average Bonchev–Trinajstić information content (AvgIpc) is 2.72. The molecule has 100 valence electrons. The van der Waals surface area contributed by atoms with Crippen LogP contribution in [0.2, 0.25) is 0 Å². The highest BCUT2D eigenvalue weighted by molar-refractivity contribution is 7.99. The number of hydrogen-bond donors (Lipinski definition) is 3. The van der Waals surface area contributed by atoms with Crippen LogP contribution in [0.15, 0.2) is 33.0 Å². The molecule has 19 heavy (non-hydrogen) atoms. The standard InChI is InChI=1S/C11H12N4O3S/c1-2-15-10(18)13-14-11(15)19-8-5-6(9(16)17)3-4-7(8)12/h3-5H,2,12H2,1H3,(H,13,18)(H,16,17). The number of rotatable bonds is 4. The molecule has 0 radical (unpaired) electrons. The molecule has 0 amide bonds. The van der Waals surface area contributed by atoms with Crippen LogP contribution in [-0.2, 0) is 6.54 Å². The monoisotopic (exact) mass is 280 g/mol. The van der Waals surface area contributed by atoms with Crippen molar-refractivity contribution in [1.82, 2.24) is 14.8 Å². The van der Waals surface area contributed by atoms with Crippen molar-refractivity contribution < 1.29 is 9.90 Å². The van der Waals surface area contributed by atoms with E-state index in [-0.39, 0.29) is 11.3 Å². The smallest absolute Gasteiger partial charge is 0.343 e. The maximum atomic E-state index is 11.4. The normalized spacial score (nSPS) is 10.6. The second-order valence-electron chi connectivity index (χ2n) is 3.72. The van der Waals surface area contributed by atoms with Gasteiger partial charge >= 0.3 is 11.7 Å². The number of aromatic amines is 1. The van der Waals surface area contributed by atoms with Gasteiger partial charge in [0.2, 0.25) is 0 Å². The molecule has 0 aliphatic rings. The number of nitrogens with one attached hydrogen (secondary N) is 1. The zero-order valence-electron chi connectivity index (χ0n) is 10.1.